The number of hydrogen-bond donors (Lipinski definition) is 2. The summed E-state index contributed by atoms with van der Waals surface area (Å²) in [5, 5.41) is 23.2. The topological polar surface area (TPSA) is 75.4 Å². The van der Waals surface area contributed by atoms with Crippen LogP contribution in [-0.2, 0) is 0 Å². The molecule has 2 rings (SSSR count). The summed E-state index contributed by atoms with van der Waals surface area (Å²) in [6.45, 7) is 0.638. The van der Waals surface area contributed by atoms with Gasteiger partial charge in [-0.1, -0.05) is 17.7 Å². The lowest BCUT2D eigenvalue weighted by Gasteiger charge is -2.14. The van der Waals surface area contributed by atoms with Crippen molar-refractivity contribution in [2.75, 3.05) is 18.5 Å². The maximum atomic E-state index is 10.9. The van der Waals surface area contributed by atoms with Crippen molar-refractivity contribution in [3.05, 3.63) is 33.3 Å². The van der Waals surface area contributed by atoms with Crippen LogP contribution in [0.25, 0.3) is 0 Å². The van der Waals surface area contributed by atoms with Crippen LogP contribution in [0.2, 0.25) is 5.02 Å². The SMILES string of the molecule is O=[N+]([O-])c1c(Cl)cccc1NCC1(CO)CC1. The fourth-order valence-corrected chi connectivity index (χ4v) is 1.94. The van der Waals surface area contributed by atoms with Crippen LogP contribution in [0.3, 0.4) is 0 Å². The first-order valence-electron chi connectivity index (χ1n) is 5.36. The summed E-state index contributed by atoms with van der Waals surface area (Å²) in [6, 6.07) is 4.78. The van der Waals surface area contributed by atoms with E-state index in [-0.39, 0.29) is 22.7 Å². The Balaban J connectivity index is 2.15. The van der Waals surface area contributed by atoms with E-state index in [4.69, 9.17) is 16.7 Å². The van der Waals surface area contributed by atoms with Crippen molar-refractivity contribution in [2.24, 2.45) is 5.41 Å². The molecular weight excluding hydrogens is 244 g/mol. The minimum atomic E-state index is -0.497. The molecule has 1 aromatic carbocycles. The number of nitrogens with one attached hydrogen (secondary N) is 1. The number of hydrogen-bond acceptors (Lipinski definition) is 4. The first-order chi connectivity index (χ1) is 8.08. The van der Waals surface area contributed by atoms with Gasteiger partial charge in [0.15, 0.2) is 0 Å². The Kier molecular flexibility index (Phi) is 3.22. The lowest BCUT2D eigenvalue weighted by Crippen LogP contribution is -2.19. The highest BCUT2D eigenvalue weighted by molar-refractivity contribution is 6.33. The molecule has 0 atom stereocenters. The van der Waals surface area contributed by atoms with E-state index in [0.29, 0.717) is 12.2 Å². The quantitative estimate of drug-likeness (QED) is 0.627. The zero-order chi connectivity index (χ0) is 12.5. The maximum Gasteiger partial charge on any atom is 0.310 e. The molecule has 0 saturated heterocycles. The van der Waals surface area contributed by atoms with Crippen LogP contribution in [0.15, 0.2) is 18.2 Å². The van der Waals surface area contributed by atoms with E-state index in [1.807, 2.05) is 0 Å². The summed E-state index contributed by atoms with van der Waals surface area (Å²) in [5.41, 5.74) is 0.195. The third kappa shape index (κ3) is 2.50. The molecule has 1 saturated carbocycles. The molecule has 0 aliphatic heterocycles. The molecular formula is C11H13ClN2O3. The highest BCUT2D eigenvalue weighted by atomic mass is 35.5. The normalized spacial score (nSPS) is 16.6. The summed E-state index contributed by atoms with van der Waals surface area (Å²) in [5.74, 6) is 0. The van der Waals surface area contributed by atoms with Gasteiger partial charge in [-0.05, 0) is 25.0 Å². The average Bonchev–Trinajstić information content (AvgIpc) is 3.06. The van der Waals surface area contributed by atoms with Gasteiger partial charge in [-0.25, -0.2) is 0 Å². The molecule has 0 amide bonds. The number of anilines is 1. The number of aliphatic hydroxyl groups excluding tert-OH is 1. The molecule has 0 heterocycles. The molecule has 1 aliphatic carbocycles. The van der Waals surface area contributed by atoms with Crippen LogP contribution in [0.1, 0.15) is 12.8 Å². The van der Waals surface area contributed by atoms with Crippen LogP contribution in [-0.4, -0.2) is 23.2 Å². The summed E-state index contributed by atoms with van der Waals surface area (Å²) in [7, 11) is 0. The first kappa shape index (κ1) is 12.1. The molecule has 0 aromatic heterocycles. The Labute approximate surface area is 104 Å². The van der Waals surface area contributed by atoms with Gasteiger partial charge in [0.2, 0.25) is 0 Å². The zero-order valence-electron chi connectivity index (χ0n) is 9.15. The Hall–Kier alpha value is -1.33. The summed E-state index contributed by atoms with van der Waals surface area (Å²) < 4.78 is 0. The van der Waals surface area contributed by atoms with E-state index in [0.717, 1.165) is 12.8 Å². The fourth-order valence-electron chi connectivity index (χ4n) is 1.69. The van der Waals surface area contributed by atoms with Crippen molar-refractivity contribution in [1.82, 2.24) is 0 Å². The van der Waals surface area contributed by atoms with E-state index in [9.17, 15) is 10.1 Å². The number of aliphatic hydroxyl groups is 1. The summed E-state index contributed by atoms with van der Waals surface area (Å²) in [4.78, 5) is 10.4. The average molecular weight is 257 g/mol. The lowest BCUT2D eigenvalue weighted by atomic mass is 10.1. The smallest absolute Gasteiger partial charge is 0.310 e. The van der Waals surface area contributed by atoms with Crippen LogP contribution in [0.4, 0.5) is 11.4 Å². The van der Waals surface area contributed by atoms with Gasteiger partial charge < -0.3 is 10.4 Å². The van der Waals surface area contributed by atoms with Gasteiger partial charge in [0.25, 0.3) is 0 Å². The predicted molar refractivity (Wildman–Crippen MR) is 65.3 cm³/mol. The number of halogens is 1. The van der Waals surface area contributed by atoms with Crippen LogP contribution < -0.4 is 5.32 Å². The third-order valence-corrected chi connectivity index (χ3v) is 3.42. The van der Waals surface area contributed by atoms with Crippen molar-refractivity contribution in [3.63, 3.8) is 0 Å². The molecule has 0 bridgehead atoms. The molecule has 2 N–H and O–H groups in total. The number of nitro groups is 1. The molecule has 0 spiro atoms. The van der Waals surface area contributed by atoms with Gasteiger partial charge in [-0.15, -0.1) is 0 Å². The van der Waals surface area contributed by atoms with Gasteiger partial charge in [-0.3, -0.25) is 10.1 Å². The molecule has 0 unspecified atom stereocenters. The predicted octanol–water partition coefficient (Wildman–Crippen LogP) is 2.43. The molecule has 1 aromatic rings. The summed E-state index contributed by atoms with van der Waals surface area (Å²) in [6.07, 6.45) is 1.90. The number of benzene rings is 1. The number of rotatable bonds is 5. The lowest BCUT2D eigenvalue weighted by molar-refractivity contribution is -0.383. The second-order valence-corrected chi connectivity index (χ2v) is 4.81. The molecule has 6 heteroatoms. The maximum absolute atomic E-state index is 10.9. The van der Waals surface area contributed by atoms with E-state index in [2.05, 4.69) is 5.32 Å². The number of nitrogens with zero attached hydrogens (tertiary/aromatic N) is 1. The van der Waals surface area contributed by atoms with Crippen molar-refractivity contribution < 1.29 is 10.0 Å². The van der Waals surface area contributed by atoms with Crippen molar-refractivity contribution in [2.45, 2.75) is 12.8 Å². The third-order valence-electron chi connectivity index (χ3n) is 3.12. The van der Waals surface area contributed by atoms with E-state index >= 15 is 0 Å². The number of nitro benzene ring substituents is 1. The first-order valence-corrected chi connectivity index (χ1v) is 5.73. The Morgan fingerprint density at radius 1 is 1.53 bits per heavy atom. The highest BCUT2D eigenvalue weighted by Gasteiger charge is 2.42. The second kappa shape index (κ2) is 4.50. The van der Waals surface area contributed by atoms with Crippen molar-refractivity contribution >= 4 is 23.0 Å². The summed E-state index contributed by atoms with van der Waals surface area (Å²) >= 11 is 5.79. The number of para-hydroxylation sites is 1. The largest absolute Gasteiger partial charge is 0.396 e. The van der Waals surface area contributed by atoms with Crippen LogP contribution in [0, 0.1) is 15.5 Å². The Morgan fingerprint density at radius 3 is 2.76 bits per heavy atom. The molecule has 17 heavy (non-hydrogen) atoms. The molecule has 92 valence electrons. The Bertz CT molecular complexity index is 446. The zero-order valence-corrected chi connectivity index (χ0v) is 9.91. The molecule has 1 aliphatic rings. The molecule has 1 fully saturated rings. The monoisotopic (exact) mass is 256 g/mol. The van der Waals surface area contributed by atoms with Gasteiger partial charge in [0.1, 0.15) is 10.7 Å². The van der Waals surface area contributed by atoms with Crippen molar-refractivity contribution in [3.8, 4) is 0 Å². The highest BCUT2D eigenvalue weighted by Crippen LogP contribution is 2.45. The minimum Gasteiger partial charge on any atom is -0.396 e. The molecule has 0 radical (unpaired) electrons. The fraction of sp³-hybridized carbons (Fsp3) is 0.455. The second-order valence-electron chi connectivity index (χ2n) is 4.40. The van der Waals surface area contributed by atoms with Gasteiger partial charge in [0.05, 0.1) is 11.5 Å². The van der Waals surface area contributed by atoms with Crippen molar-refractivity contribution in [1.29, 1.82) is 0 Å². The molecule has 5 nitrogen and oxygen atoms in total. The van der Waals surface area contributed by atoms with Gasteiger partial charge in [0, 0.05) is 12.0 Å². The van der Waals surface area contributed by atoms with E-state index in [1.165, 1.54) is 6.07 Å². The van der Waals surface area contributed by atoms with Gasteiger partial charge >= 0.3 is 5.69 Å². The van der Waals surface area contributed by atoms with Crippen LogP contribution in [0.5, 0.6) is 0 Å². The standard InChI is InChI=1S/C11H13ClN2O3/c12-8-2-1-3-9(10(8)14(16)17)13-6-11(7-15)4-5-11/h1-3,13,15H,4-7H2. The minimum absolute atomic E-state index is 0.101. The van der Waals surface area contributed by atoms with E-state index in [1.54, 1.807) is 12.1 Å². The Morgan fingerprint density at radius 2 is 2.24 bits per heavy atom. The van der Waals surface area contributed by atoms with Gasteiger partial charge in [-0.2, -0.15) is 0 Å². The van der Waals surface area contributed by atoms with E-state index < -0.39 is 4.92 Å². The van der Waals surface area contributed by atoms with Crippen LogP contribution >= 0.6 is 11.6 Å².